The van der Waals surface area contributed by atoms with E-state index in [0.717, 1.165) is 5.56 Å². The Bertz CT molecular complexity index is 608. The highest BCUT2D eigenvalue weighted by Gasteiger charge is 2.21. The van der Waals surface area contributed by atoms with E-state index in [9.17, 15) is 8.42 Å². The lowest BCUT2D eigenvalue weighted by atomic mass is 10.2. The molecule has 96 valence electrons. The highest BCUT2D eigenvalue weighted by molar-refractivity contribution is 7.89. The van der Waals surface area contributed by atoms with E-state index < -0.39 is 10.0 Å². The number of halogens is 1. The van der Waals surface area contributed by atoms with E-state index in [2.05, 4.69) is 10.2 Å². The number of H-pyrrole nitrogens is 1. The van der Waals surface area contributed by atoms with Crippen LogP contribution in [0.2, 0.25) is 5.02 Å². The predicted octanol–water partition coefficient (Wildman–Crippen LogP) is 1.88. The summed E-state index contributed by atoms with van der Waals surface area (Å²) < 4.78 is 25.4. The van der Waals surface area contributed by atoms with E-state index in [1.165, 1.54) is 23.6 Å². The number of benzene rings is 1. The van der Waals surface area contributed by atoms with E-state index in [1.807, 2.05) is 0 Å². The first-order valence-corrected chi connectivity index (χ1v) is 7.02. The summed E-state index contributed by atoms with van der Waals surface area (Å²) in [6.45, 7) is 0.276. The fourth-order valence-electron chi connectivity index (χ4n) is 1.49. The van der Waals surface area contributed by atoms with Crippen LogP contribution in [-0.4, -0.2) is 30.0 Å². The minimum Gasteiger partial charge on any atom is -0.266 e. The maximum absolute atomic E-state index is 12.1. The summed E-state index contributed by atoms with van der Waals surface area (Å²) in [6.07, 6.45) is 1.41. The molecule has 5 nitrogen and oxygen atoms in total. The van der Waals surface area contributed by atoms with Crippen LogP contribution >= 0.6 is 11.6 Å². The number of nitrogens with one attached hydrogen (secondary N) is 1. The van der Waals surface area contributed by atoms with Gasteiger partial charge in [-0.05, 0) is 23.8 Å². The molecule has 0 aliphatic carbocycles. The topological polar surface area (TPSA) is 66.1 Å². The van der Waals surface area contributed by atoms with Gasteiger partial charge in [0.2, 0.25) is 0 Å². The third-order valence-electron chi connectivity index (χ3n) is 2.48. The monoisotopic (exact) mass is 285 g/mol. The molecule has 0 amide bonds. The maximum atomic E-state index is 12.1. The van der Waals surface area contributed by atoms with Gasteiger partial charge in [-0.1, -0.05) is 23.7 Å². The number of sulfonamides is 1. The molecule has 1 N–H and O–H groups in total. The number of hydrogen-bond donors (Lipinski definition) is 1. The van der Waals surface area contributed by atoms with Gasteiger partial charge in [0, 0.05) is 18.6 Å². The Hall–Kier alpha value is -1.37. The van der Waals surface area contributed by atoms with Crippen LogP contribution < -0.4 is 0 Å². The SMILES string of the molecule is CN(Cc1ccc(Cl)cc1)S(=O)(=O)c1ccn[nH]1. The average molecular weight is 286 g/mol. The van der Waals surface area contributed by atoms with Crippen LogP contribution in [0.25, 0.3) is 0 Å². The third kappa shape index (κ3) is 2.72. The second-order valence-corrected chi connectivity index (χ2v) is 6.26. The Labute approximate surface area is 110 Å². The van der Waals surface area contributed by atoms with Gasteiger partial charge in [-0.25, -0.2) is 8.42 Å². The van der Waals surface area contributed by atoms with Crippen molar-refractivity contribution in [3.8, 4) is 0 Å². The third-order valence-corrected chi connectivity index (χ3v) is 4.47. The van der Waals surface area contributed by atoms with Gasteiger partial charge < -0.3 is 0 Å². The highest BCUT2D eigenvalue weighted by atomic mass is 35.5. The van der Waals surface area contributed by atoms with E-state index in [4.69, 9.17) is 11.6 Å². The zero-order valence-corrected chi connectivity index (χ0v) is 11.2. The Balaban J connectivity index is 2.17. The molecule has 1 heterocycles. The van der Waals surface area contributed by atoms with Crippen molar-refractivity contribution in [1.82, 2.24) is 14.5 Å². The maximum Gasteiger partial charge on any atom is 0.260 e. The van der Waals surface area contributed by atoms with Gasteiger partial charge in [0.25, 0.3) is 10.0 Å². The average Bonchev–Trinajstić information content (AvgIpc) is 2.86. The first-order chi connectivity index (χ1) is 8.50. The van der Waals surface area contributed by atoms with Gasteiger partial charge in [-0.2, -0.15) is 9.40 Å². The zero-order chi connectivity index (χ0) is 13.2. The van der Waals surface area contributed by atoms with Gasteiger partial charge in [-0.3, -0.25) is 5.10 Å². The summed E-state index contributed by atoms with van der Waals surface area (Å²) in [4.78, 5) is 0. The van der Waals surface area contributed by atoms with Gasteiger partial charge in [0.15, 0.2) is 5.03 Å². The smallest absolute Gasteiger partial charge is 0.260 e. The molecule has 0 saturated heterocycles. The van der Waals surface area contributed by atoms with Gasteiger partial charge in [0.1, 0.15) is 0 Å². The van der Waals surface area contributed by atoms with Crippen molar-refractivity contribution in [3.05, 3.63) is 47.1 Å². The molecule has 1 aromatic heterocycles. The molecule has 0 saturated carbocycles. The van der Waals surface area contributed by atoms with Crippen molar-refractivity contribution in [2.75, 3.05) is 7.05 Å². The Morgan fingerprint density at radius 3 is 2.50 bits per heavy atom. The fourth-order valence-corrected chi connectivity index (χ4v) is 2.67. The van der Waals surface area contributed by atoms with Crippen LogP contribution in [-0.2, 0) is 16.6 Å². The molecular weight excluding hydrogens is 274 g/mol. The van der Waals surface area contributed by atoms with E-state index in [-0.39, 0.29) is 11.6 Å². The standard InChI is InChI=1S/C11H12ClN3O2S/c1-15(8-9-2-4-10(12)5-3-9)18(16,17)11-6-7-13-14-11/h2-7H,8H2,1H3,(H,13,14). The molecule has 0 bridgehead atoms. The Kier molecular flexibility index (Phi) is 3.70. The predicted molar refractivity (Wildman–Crippen MR) is 68.7 cm³/mol. The first kappa shape index (κ1) is 13.1. The van der Waals surface area contributed by atoms with Crippen molar-refractivity contribution >= 4 is 21.6 Å². The Morgan fingerprint density at radius 2 is 1.94 bits per heavy atom. The van der Waals surface area contributed by atoms with Gasteiger partial charge in [0.05, 0.1) is 6.20 Å². The largest absolute Gasteiger partial charge is 0.266 e. The number of rotatable bonds is 4. The van der Waals surface area contributed by atoms with Crippen LogP contribution in [0.3, 0.4) is 0 Å². The van der Waals surface area contributed by atoms with Crippen LogP contribution in [0.4, 0.5) is 0 Å². The number of aromatic amines is 1. The van der Waals surface area contributed by atoms with Crippen LogP contribution in [0.15, 0.2) is 41.6 Å². The van der Waals surface area contributed by atoms with Crippen molar-refractivity contribution in [3.63, 3.8) is 0 Å². The van der Waals surface area contributed by atoms with Crippen molar-refractivity contribution in [2.24, 2.45) is 0 Å². The molecule has 0 aliphatic heterocycles. The minimum absolute atomic E-state index is 0.0824. The second kappa shape index (κ2) is 5.09. The highest BCUT2D eigenvalue weighted by Crippen LogP contribution is 2.15. The summed E-state index contributed by atoms with van der Waals surface area (Å²) in [6, 6.07) is 8.47. The van der Waals surface area contributed by atoms with Crippen molar-refractivity contribution in [1.29, 1.82) is 0 Å². The second-order valence-electron chi connectivity index (χ2n) is 3.81. The molecule has 18 heavy (non-hydrogen) atoms. The molecule has 1 aromatic carbocycles. The van der Waals surface area contributed by atoms with Crippen LogP contribution in [0.1, 0.15) is 5.56 Å². The molecular formula is C11H12ClN3O2S. The lowest BCUT2D eigenvalue weighted by Gasteiger charge is -2.15. The molecule has 2 aromatic rings. The summed E-state index contributed by atoms with van der Waals surface area (Å²) in [5, 5.41) is 6.80. The lowest BCUT2D eigenvalue weighted by Crippen LogP contribution is -2.26. The van der Waals surface area contributed by atoms with Crippen molar-refractivity contribution in [2.45, 2.75) is 11.6 Å². The van der Waals surface area contributed by atoms with Gasteiger partial charge in [-0.15, -0.1) is 0 Å². The van der Waals surface area contributed by atoms with E-state index >= 15 is 0 Å². The summed E-state index contributed by atoms with van der Waals surface area (Å²) in [7, 11) is -2.00. The van der Waals surface area contributed by atoms with Gasteiger partial charge >= 0.3 is 0 Å². The first-order valence-electron chi connectivity index (χ1n) is 5.20. The van der Waals surface area contributed by atoms with Crippen LogP contribution in [0.5, 0.6) is 0 Å². The fraction of sp³-hybridized carbons (Fsp3) is 0.182. The molecule has 0 aliphatic rings. The number of aromatic nitrogens is 2. The molecule has 0 fully saturated rings. The zero-order valence-electron chi connectivity index (χ0n) is 9.67. The van der Waals surface area contributed by atoms with Crippen LogP contribution in [0, 0.1) is 0 Å². The molecule has 2 rings (SSSR count). The number of nitrogens with zero attached hydrogens (tertiary/aromatic N) is 2. The molecule has 7 heteroatoms. The quantitative estimate of drug-likeness (QED) is 0.933. The molecule has 0 unspecified atom stereocenters. The summed E-state index contributed by atoms with van der Waals surface area (Å²) in [5.74, 6) is 0. The molecule has 0 spiro atoms. The number of hydrogen-bond acceptors (Lipinski definition) is 3. The minimum atomic E-state index is -3.52. The molecule has 0 atom stereocenters. The summed E-state index contributed by atoms with van der Waals surface area (Å²) >= 11 is 5.77. The van der Waals surface area contributed by atoms with E-state index in [1.54, 1.807) is 24.3 Å². The lowest BCUT2D eigenvalue weighted by molar-refractivity contribution is 0.463. The summed E-state index contributed by atoms with van der Waals surface area (Å²) in [5.41, 5.74) is 0.866. The van der Waals surface area contributed by atoms with Crippen molar-refractivity contribution < 1.29 is 8.42 Å². The molecule has 0 radical (unpaired) electrons. The van der Waals surface area contributed by atoms with E-state index in [0.29, 0.717) is 5.02 Å². The Morgan fingerprint density at radius 1 is 1.28 bits per heavy atom. The normalized spacial score (nSPS) is 11.9.